The van der Waals surface area contributed by atoms with Crippen LogP contribution in [-0.4, -0.2) is 3.21 Å². The van der Waals surface area contributed by atoms with Crippen LogP contribution in [0.3, 0.4) is 0 Å². The first kappa shape index (κ1) is 41.8. The molecule has 5 aromatic carbocycles. The Morgan fingerprint density at radius 3 is 1.35 bits per heavy atom. The second-order valence-electron chi connectivity index (χ2n) is 17.3. The van der Waals surface area contributed by atoms with E-state index in [1.807, 2.05) is 12.2 Å². The first-order chi connectivity index (χ1) is 23.5. The third kappa shape index (κ3) is 8.54. The van der Waals surface area contributed by atoms with Crippen LogP contribution in [0, 0.1) is 16.9 Å². The zero-order valence-electron chi connectivity index (χ0n) is 32.5. The van der Waals surface area contributed by atoms with Gasteiger partial charge in [0, 0.05) is 10.8 Å². The normalized spacial score (nSPS) is 16.0. The van der Waals surface area contributed by atoms with Crippen LogP contribution >= 0.6 is 0 Å². The zero-order valence-corrected chi connectivity index (χ0v) is 36.5. The number of allylic oxidation sites excluding steroid dienone is 8. The van der Waals surface area contributed by atoms with Crippen LogP contribution in [0.4, 0.5) is 0 Å². The molecule has 0 saturated heterocycles. The Hall–Kier alpha value is -2.96. The van der Waals surface area contributed by atoms with Crippen molar-refractivity contribution >= 4 is 35.9 Å². The number of hydrogen-bond acceptors (Lipinski definition) is 0. The van der Waals surface area contributed by atoms with Gasteiger partial charge in [-0.1, -0.05) is 105 Å². The molecule has 0 N–H and O–H groups in total. The van der Waals surface area contributed by atoms with Crippen molar-refractivity contribution in [2.45, 2.75) is 86.5 Å². The van der Waals surface area contributed by atoms with E-state index in [4.69, 9.17) is 0 Å². The first-order valence-corrected chi connectivity index (χ1v) is 19.3. The topological polar surface area (TPSA) is 0 Å². The Morgan fingerprint density at radius 1 is 0.635 bits per heavy atom. The fourth-order valence-electron chi connectivity index (χ4n) is 7.61. The van der Waals surface area contributed by atoms with E-state index in [-0.39, 0.29) is 46.5 Å². The summed E-state index contributed by atoms with van der Waals surface area (Å²) >= 11 is 1.46. The molecule has 3 heteroatoms. The second-order valence-corrected chi connectivity index (χ2v) is 18.5. The molecule has 5 aromatic rings. The fourth-order valence-corrected chi connectivity index (χ4v) is 8.43. The van der Waals surface area contributed by atoms with Gasteiger partial charge in [-0.05, 0) is 33.1 Å². The molecule has 0 fully saturated rings. The number of benzene rings is 4. The van der Waals surface area contributed by atoms with Crippen LogP contribution in [0.1, 0.15) is 109 Å². The molecular formula is C49H52Cl2Zr-2. The summed E-state index contributed by atoms with van der Waals surface area (Å²) < 4.78 is 1.42. The second kappa shape index (κ2) is 15.8. The van der Waals surface area contributed by atoms with Gasteiger partial charge in [0.25, 0.3) is 0 Å². The van der Waals surface area contributed by atoms with E-state index in [1.165, 1.54) is 93.5 Å². The molecule has 0 aromatic heterocycles. The molecule has 8 rings (SSSR count). The number of rotatable bonds is 2. The van der Waals surface area contributed by atoms with Gasteiger partial charge in [0.05, 0.1) is 0 Å². The van der Waals surface area contributed by atoms with Gasteiger partial charge in [0.1, 0.15) is 0 Å². The van der Waals surface area contributed by atoms with Gasteiger partial charge in [-0.2, -0.15) is 6.08 Å². The van der Waals surface area contributed by atoms with Crippen molar-refractivity contribution < 1.29 is 49.0 Å². The van der Waals surface area contributed by atoms with E-state index in [0.717, 1.165) is 6.42 Å². The molecule has 268 valence electrons. The van der Waals surface area contributed by atoms with Crippen molar-refractivity contribution in [3.05, 3.63) is 161 Å². The molecule has 0 saturated carbocycles. The van der Waals surface area contributed by atoms with Crippen LogP contribution in [0.2, 0.25) is 0 Å². The third-order valence-electron chi connectivity index (χ3n) is 10.3. The van der Waals surface area contributed by atoms with E-state index in [1.54, 1.807) is 0 Å². The van der Waals surface area contributed by atoms with Crippen LogP contribution in [-0.2, 0) is 35.1 Å². The molecule has 52 heavy (non-hydrogen) atoms. The monoisotopic (exact) mass is 800 g/mol. The molecule has 0 nitrogen and oxygen atoms in total. The van der Waals surface area contributed by atoms with Gasteiger partial charge in [0.15, 0.2) is 0 Å². The van der Waals surface area contributed by atoms with Gasteiger partial charge in [-0.3, -0.25) is 6.08 Å². The fraction of sp³-hybridized carbons (Fsp3) is 0.306. The SMILES string of the molecule is CC(C)(C)C1=CC(C)(C)c2cc3[cH-]c4cc5c(cc4c3cc21)C(C(C)(C)C)=CC5(C)C.[C-]1=CC=CC1.[Cl-].[Cl-].[Zr+2]=[C](c1ccccc1)c1ccccc1. The van der Waals surface area contributed by atoms with Crippen LogP contribution < -0.4 is 24.8 Å². The Bertz CT molecular complexity index is 2040. The summed E-state index contributed by atoms with van der Waals surface area (Å²) in [6.45, 7) is 23.5. The van der Waals surface area contributed by atoms with Crippen molar-refractivity contribution in [3.8, 4) is 0 Å². The molecule has 0 amide bonds. The molecule has 0 unspecified atom stereocenters. The molecule has 0 aliphatic heterocycles. The average Bonchev–Trinajstić information content (AvgIpc) is 3.86. The van der Waals surface area contributed by atoms with Crippen LogP contribution in [0.15, 0.2) is 121 Å². The molecule has 3 aliphatic carbocycles. The number of fused-ring (bicyclic) bond motifs is 5. The first-order valence-electron chi connectivity index (χ1n) is 18.1. The van der Waals surface area contributed by atoms with Gasteiger partial charge in [0.2, 0.25) is 0 Å². The van der Waals surface area contributed by atoms with Gasteiger partial charge >= 0.3 is 99.2 Å². The molecule has 0 spiro atoms. The van der Waals surface area contributed by atoms with Crippen molar-refractivity contribution in [2.75, 3.05) is 0 Å². The van der Waals surface area contributed by atoms with E-state index < -0.39 is 0 Å². The maximum atomic E-state index is 2.99. The summed E-state index contributed by atoms with van der Waals surface area (Å²) in [6.07, 6.45) is 15.0. The summed E-state index contributed by atoms with van der Waals surface area (Å²) in [5, 5.41) is 5.58. The van der Waals surface area contributed by atoms with E-state index >= 15 is 0 Å². The van der Waals surface area contributed by atoms with Crippen molar-refractivity contribution in [3.63, 3.8) is 0 Å². The van der Waals surface area contributed by atoms with E-state index in [9.17, 15) is 0 Å². The van der Waals surface area contributed by atoms with Crippen molar-refractivity contribution in [1.82, 2.24) is 0 Å². The Morgan fingerprint density at radius 2 is 1.04 bits per heavy atom. The average molecular weight is 803 g/mol. The van der Waals surface area contributed by atoms with E-state index in [2.05, 4.69) is 185 Å². The summed E-state index contributed by atoms with van der Waals surface area (Å²) in [5.74, 6) is 0. The van der Waals surface area contributed by atoms with E-state index in [0.29, 0.717) is 0 Å². The summed E-state index contributed by atoms with van der Waals surface area (Å²) in [7, 11) is 0. The molecule has 0 bridgehead atoms. The van der Waals surface area contributed by atoms with Gasteiger partial charge in [-0.15, -0.1) is 46.2 Å². The summed E-state index contributed by atoms with van der Waals surface area (Å²) in [5.41, 5.74) is 11.9. The predicted molar refractivity (Wildman–Crippen MR) is 216 cm³/mol. The molecule has 0 atom stereocenters. The predicted octanol–water partition coefficient (Wildman–Crippen LogP) is 7.27. The summed E-state index contributed by atoms with van der Waals surface area (Å²) in [6, 6.07) is 33.4. The Kier molecular flexibility index (Phi) is 12.7. The third-order valence-corrected chi connectivity index (χ3v) is 11.7. The van der Waals surface area contributed by atoms with Crippen LogP contribution in [0.25, 0.3) is 32.7 Å². The van der Waals surface area contributed by atoms with Crippen molar-refractivity contribution in [2.24, 2.45) is 10.8 Å². The standard InChI is InChI=1S/C31H37.C13H10.C5H5.2ClH.Zr/c1-28(2,3)26-16-30(7,8)24-12-18-11-19-13-25-23(15-21(19)20(18)14-22(24)26)27(29(4,5)6)17-31(25,9)10;1-3-7-12(8-4-1)11-13-9-5-2-6-10-13;1-2-4-5-3-1;;;/h11-17H,1-10H3;1-10H;1-3H,4H2;2*1H;/q-1;;-1;;;+2/p-2. The maximum absolute atomic E-state index is 2.99. The molecule has 3 aliphatic rings. The van der Waals surface area contributed by atoms with Crippen LogP contribution in [0.5, 0.6) is 0 Å². The molecule has 0 heterocycles. The zero-order chi connectivity index (χ0) is 36.1. The van der Waals surface area contributed by atoms with Gasteiger partial charge in [-0.25, -0.2) is 12.2 Å². The Balaban J connectivity index is 0.000000238. The minimum atomic E-state index is 0. The van der Waals surface area contributed by atoms with Crippen molar-refractivity contribution in [1.29, 1.82) is 0 Å². The number of halogens is 2. The quantitative estimate of drug-likeness (QED) is 0.165. The molecule has 0 radical (unpaired) electrons. The molecular weight excluding hydrogens is 751 g/mol. The Labute approximate surface area is 340 Å². The number of hydrogen-bond donors (Lipinski definition) is 0. The minimum absolute atomic E-state index is 0. The summed E-state index contributed by atoms with van der Waals surface area (Å²) in [4.78, 5) is 0. The van der Waals surface area contributed by atoms with Gasteiger partial charge < -0.3 is 24.8 Å².